The van der Waals surface area contributed by atoms with Crippen molar-refractivity contribution in [2.24, 2.45) is 0 Å². The van der Waals surface area contributed by atoms with Crippen LogP contribution in [-0.2, 0) is 11.3 Å². The molecule has 0 radical (unpaired) electrons. The van der Waals surface area contributed by atoms with Crippen LogP contribution in [0.1, 0.15) is 12.6 Å². The lowest BCUT2D eigenvalue weighted by atomic mass is 10.4. The molecule has 1 rings (SSSR count). The van der Waals surface area contributed by atoms with Crippen LogP contribution in [0.4, 0.5) is 5.13 Å². The molecule has 0 aliphatic heterocycles. The number of hydrogen-bond donors (Lipinski definition) is 2. The molecule has 1 heterocycles. The maximum absolute atomic E-state index is 10.8. The number of thiazole rings is 1. The van der Waals surface area contributed by atoms with Gasteiger partial charge in [-0.3, -0.25) is 9.69 Å². The van der Waals surface area contributed by atoms with Crippen molar-refractivity contribution in [3.63, 3.8) is 0 Å². The Morgan fingerprint density at radius 2 is 2.38 bits per heavy atom. The maximum atomic E-state index is 10.8. The van der Waals surface area contributed by atoms with Crippen molar-refractivity contribution in [3.8, 4) is 0 Å². The molecule has 0 aliphatic rings. The van der Waals surface area contributed by atoms with Gasteiger partial charge in [0.2, 0.25) is 5.91 Å². The summed E-state index contributed by atoms with van der Waals surface area (Å²) in [6.07, 6.45) is 0. The van der Waals surface area contributed by atoms with Crippen LogP contribution in [0, 0.1) is 0 Å². The molecule has 0 aliphatic carbocycles. The molecular weight excluding hydrogens is 224 g/mol. The number of rotatable bonds is 6. The lowest BCUT2D eigenvalue weighted by Gasteiger charge is -2.14. The molecule has 16 heavy (non-hydrogen) atoms. The zero-order valence-corrected chi connectivity index (χ0v) is 10.7. The summed E-state index contributed by atoms with van der Waals surface area (Å²) in [6, 6.07) is 0. The first-order valence-corrected chi connectivity index (χ1v) is 6.05. The minimum absolute atomic E-state index is 0.0792. The number of aromatic nitrogens is 1. The van der Waals surface area contributed by atoms with Gasteiger partial charge in [-0.05, 0) is 14.1 Å². The van der Waals surface area contributed by atoms with E-state index in [0.717, 1.165) is 25.3 Å². The third-order valence-corrected chi connectivity index (χ3v) is 2.82. The first-order valence-electron chi connectivity index (χ1n) is 5.17. The lowest BCUT2D eigenvalue weighted by molar-refractivity contribution is -0.114. The minimum Gasteiger partial charge on any atom is -0.318 e. The summed E-state index contributed by atoms with van der Waals surface area (Å²) in [5.41, 5.74) is 0.993. The largest absolute Gasteiger partial charge is 0.318 e. The average Bonchev–Trinajstić information content (AvgIpc) is 2.61. The predicted molar refractivity (Wildman–Crippen MR) is 66.7 cm³/mol. The van der Waals surface area contributed by atoms with Crippen molar-refractivity contribution in [3.05, 3.63) is 11.1 Å². The van der Waals surface area contributed by atoms with Crippen LogP contribution in [0.3, 0.4) is 0 Å². The van der Waals surface area contributed by atoms with Crippen molar-refractivity contribution in [1.82, 2.24) is 15.2 Å². The van der Waals surface area contributed by atoms with E-state index in [1.165, 1.54) is 18.3 Å². The van der Waals surface area contributed by atoms with Gasteiger partial charge in [0, 0.05) is 31.9 Å². The number of likely N-dealkylation sites (N-methyl/N-ethyl adjacent to an activating group) is 2. The number of amides is 1. The molecular formula is C10H18N4OS. The number of carbonyl (C=O) groups is 1. The standard InChI is InChI=1S/C10H18N4OS/c1-8(15)12-10-13-9(7-16-10)6-14(3)5-4-11-2/h7,11H,4-6H2,1-3H3,(H,12,13,15). The fourth-order valence-corrected chi connectivity index (χ4v) is 1.99. The summed E-state index contributed by atoms with van der Waals surface area (Å²) in [6.45, 7) is 4.22. The fourth-order valence-electron chi connectivity index (χ4n) is 1.25. The molecule has 0 aromatic carbocycles. The first kappa shape index (κ1) is 13.1. The minimum atomic E-state index is -0.0792. The first-order chi connectivity index (χ1) is 7.61. The van der Waals surface area contributed by atoms with Crippen molar-refractivity contribution in [1.29, 1.82) is 0 Å². The SMILES string of the molecule is CNCCN(C)Cc1csc(NC(C)=O)n1. The molecule has 5 nitrogen and oxygen atoms in total. The Morgan fingerprint density at radius 3 is 3.00 bits per heavy atom. The van der Waals surface area contributed by atoms with Gasteiger partial charge in [0.25, 0.3) is 0 Å². The van der Waals surface area contributed by atoms with Crippen molar-refractivity contribution < 1.29 is 4.79 Å². The van der Waals surface area contributed by atoms with Crippen LogP contribution >= 0.6 is 11.3 Å². The zero-order valence-electron chi connectivity index (χ0n) is 9.91. The molecule has 2 N–H and O–H groups in total. The van der Waals surface area contributed by atoms with Gasteiger partial charge in [0.15, 0.2) is 5.13 Å². The Bertz CT molecular complexity index is 339. The highest BCUT2D eigenvalue weighted by molar-refractivity contribution is 7.13. The third-order valence-electron chi connectivity index (χ3n) is 2.01. The van der Waals surface area contributed by atoms with E-state index >= 15 is 0 Å². The van der Waals surface area contributed by atoms with Gasteiger partial charge < -0.3 is 10.6 Å². The normalized spacial score (nSPS) is 10.8. The monoisotopic (exact) mass is 242 g/mol. The quantitative estimate of drug-likeness (QED) is 0.773. The summed E-state index contributed by atoms with van der Waals surface area (Å²) >= 11 is 1.46. The van der Waals surface area contributed by atoms with Crippen LogP contribution in [0.5, 0.6) is 0 Å². The summed E-state index contributed by atoms with van der Waals surface area (Å²) in [5.74, 6) is -0.0792. The second-order valence-electron chi connectivity index (χ2n) is 3.67. The molecule has 0 spiro atoms. The maximum Gasteiger partial charge on any atom is 0.223 e. The summed E-state index contributed by atoms with van der Waals surface area (Å²) in [7, 11) is 3.99. The Labute approximate surface area is 99.9 Å². The second-order valence-corrected chi connectivity index (χ2v) is 4.52. The zero-order chi connectivity index (χ0) is 12.0. The summed E-state index contributed by atoms with van der Waals surface area (Å²) in [5, 5.41) is 8.42. The van der Waals surface area contributed by atoms with E-state index in [-0.39, 0.29) is 5.91 Å². The molecule has 6 heteroatoms. The number of carbonyl (C=O) groups excluding carboxylic acids is 1. The smallest absolute Gasteiger partial charge is 0.223 e. The molecule has 0 saturated carbocycles. The lowest BCUT2D eigenvalue weighted by Crippen LogP contribution is -2.27. The molecule has 1 aromatic rings. The highest BCUT2D eigenvalue weighted by atomic mass is 32.1. The molecule has 0 fully saturated rings. The third kappa shape index (κ3) is 4.69. The Balaban J connectivity index is 2.42. The Hall–Kier alpha value is -0.980. The van der Waals surface area contributed by atoms with Gasteiger partial charge >= 0.3 is 0 Å². The van der Waals surface area contributed by atoms with Gasteiger partial charge in [0.1, 0.15) is 0 Å². The molecule has 90 valence electrons. The molecule has 0 bridgehead atoms. The van der Waals surface area contributed by atoms with E-state index < -0.39 is 0 Å². The van der Waals surface area contributed by atoms with E-state index in [2.05, 4.69) is 27.6 Å². The second kappa shape index (κ2) is 6.57. The van der Waals surface area contributed by atoms with E-state index in [1.54, 1.807) is 0 Å². The van der Waals surface area contributed by atoms with Gasteiger partial charge in [-0.15, -0.1) is 11.3 Å². The van der Waals surface area contributed by atoms with Crippen LogP contribution in [-0.4, -0.2) is 43.0 Å². The van der Waals surface area contributed by atoms with E-state index in [4.69, 9.17) is 0 Å². The molecule has 0 atom stereocenters. The van der Waals surface area contributed by atoms with Crippen LogP contribution in [0.15, 0.2) is 5.38 Å². The van der Waals surface area contributed by atoms with Crippen LogP contribution < -0.4 is 10.6 Å². The van der Waals surface area contributed by atoms with E-state index in [1.807, 2.05) is 12.4 Å². The predicted octanol–water partition coefficient (Wildman–Crippen LogP) is 0.753. The Morgan fingerprint density at radius 1 is 1.62 bits per heavy atom. The molecule has 0 saturated heterocycles. The molecule has 0 unspecified atom stereocenters. The topological polar surface area (TPSA) is 57.3 Å². The number of nitrogens with zero attached hydrogens (tertiary/aromatic N) is 2. The average molecular weight is 242 g/mol. The molecule has 1 amide bonds. The summed E-state index contributed by atoms with van der Waals surface area (Å²) < 4.78 is 0. The van der Waals surface area contributed by atoms with E-state index in [9.17, 15) is 4.79 Å². The number of hydrogen-bond acceptors (Lipinski definition) is 5. The van der Waals surface area contributed by atoms with Crippen LogP contribution in [0.2, 0.25) is 0 Å². The number of nitrogens with one attached hydrogen (secondary N) is 2. The summed E-state index contributed by atoms with van der Waals surface area (Å²) in [4.78, 5) is 17.3. The number of anilines is 1. The van der Waals surface area contributed by atoms with E-state index in [0.29, 0.717) is 5.13 Å². The highest BCUT2D eigenvalue weighted by Crippen LogP contribution is 2.16. The fraction of sp³-hybridized carbons (Fsp3) is 0.600. The van der Waals surface area contributed by atoms with Gasteiger partial charge in [-0.1, -0.05) is 0 Å². The van der Waals surface area contributed by atoms with Crippen LogP contribution in [0.25, 0.3) is 0 Å². The highest BCUT2D eigenvalue weighted by Gasteiger charge is 2.05. The molecule has 1 aromatic heterocycles. The van der Waals surface area contributed by atoms with Crippen molar-refractivity contribution in [2.75, 3.05) is 32.5 Å². The van der Waals surface area contributed by atoms with Gasteiger partial charge in [-0.25, -0.2) is 4.98 Å². The van der Waals surface area contributed by atoms with Crippen molar-refractivity contribution >= 4 is 22.4 Å². The Kier molecular flexibility index (Phi) is 5.37. The van der Waals surface area contributed by atoms with Crippen molar-refractivity contribution in [2.45, 2.75) is 13.5 Å². The van der Waals surface area contributed by atoms with Gasteiger partial charge in [0.05, 0.1) is 5.69 Å². The van der Waals surface area contributed by atoms with Gasteiger partial charge in [-0.2, -0.15) is 0 Å².